The summed E-state index contributed by atoms with van der Waals surface area (Å²) in [4.78, 5) is 23.5. The smallest absolute Gasteiger partial charge is 0.251 e. The van der Waals surface area contributed by atoms with Crippen LogP contribution < -0.4 is 10.6 Å². The standard InChI is InChI=1S/C18H16ClFN2O2/c19-15-6-4-14(5-7-15)18(24)22-12-11-21-17(23)10-3-13-1-8-16(20)9-2-13/h1-10H,11-12H2,(H,21,23)(H,22,24)/b10-3+. The molecule has 0 fully saturated rings. The number of benzene rings is 2. The lowest BCUT2D eigenvalue weighted by Gasteiger charge is -2.06. The SMILES string of the molecule is O=C(/C=C/c1ccc(F)cc1)NCCNC(=O)c1ccc(Cl)cc1. The highest BCUT2D eigenvalue weighted by atomic mass is 35.5. The molecule has 124 valence electrons. The van der Waals surface area contributed by atoms with E-state index in [9.17, 15) is 14.0 Å². The molecule has 0 aliphatic rings. The summed E-state index contributed by atoms with van der Waals surface area (Å²) in [6, 6.07) is 12.3. The molecule has 24 heavy (non-hydrogen) atoms. The van der Waals surface area contributed by atoms with Crippen LogP contribution in [0.4, 0.5) is 4.39 Å². The van der Waals surface area contributed by atoms with Crippen LogP contribution in [0, 0.1) is 5.82 Å². The summed E-state index contributed by atoms with van der Waals surface area (Å²) in [5.41, 5.74) is 1.23. The molecule has 0 unspecified atom stereocenters. The van der Waals surface area contributed by atoms with Gasteiger partial charge in [-0.05, 0) is 48.0 Å². The zero-order chi connectivity index (χ0) is 17.4. The molecule has 0 aliphatic heterocycles. The molecular weight excluding hydrogens is 331 g/mol. The van der Waals surface area contributed by atoms with E-state index in [-0.39, 0.29) is 17.6 Å². The molecule has 0 radical (unpaired) electrons. The summed E-state index contributed by atoms with van der Waals surface area (Å²) >= 11 is 5.76. The van der Waals surface area contributed by atoms with Crippen molar-refractivity contribution in [3.63, 3.8) is 0 Å². The first kappa shape index (κ1) is 17.7. The van der Waals surface area contributed by atoms with Crippen LogP contribution in [0.2, 0.25) is 5.02 Å². The van der Waals surface area contributed by atoms with Gasteiger partial charge in [-0.25, -0.2) is 4.39 Å². The molecule has 0 atom stereocenters. The van der Waals surface area contributed by atoms with Crippen molar-refractivity contribution in [3.05, 3.63) is 76.6 Å². The van der Waals surface area contributed by atoms with Crippen LogP contribution in [0.15, 0.2) is 54.6 Å². The highest BCUT2D eigenvalue weighted by molar-refractivity contribution is 6.30. The van der Waals surface area contributed by atoms with Gasteiger partial charge in [0.15, 0.2) is 0 Å². The highest BCUT2D eigenvalue weighted by Crippen LogP contribution is 2.09. The molecule has 2 N–H and O–H groups in total. The fourth-order valence-electron chi connectivity index (χ4n) is 1.87. The minimum absolute atomic E-state index is 0.234. The summed E-state index contributed by atoms with van der Waals surface area (Å²) in [5, 5.41) is 5.90. The molecule has 4 nitrogen and oxygen atoms in total. The molecule has 0 saturated heterocycles. The van der Waals surface area contributed by atoms with Crippen LogP contribution in [-0.2, 0) is 4.79 Å². The molecule has 2 amide bonds. The van der Waals surface area contributed by atoms with Crippen molar-refractivity contribution in [2.24, 2.45) is 0 Å². The monoisotopic (exact) mass is 346 g/mol. The Morgan fingerprint density at radius 2 is 1.58 bits per heavy atom. The Morgan fingerprint density at radius 1 is 0.958 bits per heavy atom. The minimum atomic E-state index is -0.326. The van der Waals surface area contributed by atoms with E-state index in [1.54, 1.807) is 42.5 Å². The van der Waals surface area contributed by atoms with Crippen molar-refractivity contribution in [2.75, 3.05) is 13.1 Å². The Hall–Kier alpha value is -2.66. The molecule has 0 aliphatic carbocycles. The number of hydrogen-bond acceptors (Lipinski definition) is 2. The molecule has 2 aromatic carbocycles. The first-order valence-electron chi connectivity index (χ1n) is 7.30. The van der Waals surface area contributed by atoms with Crippen LogP contribution in [0.3, 0.4) is 0 Å². The number of amides is 2. The molecular formula is C18H16ClFN2O2. The molecule has 0 aromatic heterocycles. The predicted molar refractivity (Wildman–Crippen MR) is 92.2 cm³/mol. The van der Waals surface area contributed by atoms with Gasteiger partial charge < -0.3 is 10.6 Å². The van der Waals surface area contributed by atoms with E-state index in [1.807, 2.05) is 0 Å². The normalized spacial score (nSPS) is 10.6. The third-order valence-electron chi connectivity index (χ3n) is 3.11. The van der Waals surface area contributed by atoms with Gasteiger partial charge in [0.25, 0.3) is 5.91 Å². The minimum Gasteiger partial charge on any atom is -0.351 e. The summed E-state index contributed by atoms with van der Waals surface area (Å²) in [6.45, 7) is 0.601. The molecule has 2 aromatic rings. The maximum Gasteiger partial charge on any atom is 0.251 e. The fourth-order valence-corrected chi connectivity index (χ4v) is 2.00. The van der Waals surface area contributed by atoms with Gasteiger partial charge in [0, 0.05) is 29.8 Å². The molecule has 0 heterocycles. The Labute approximate surface area is 144 Å². The van der Waals surface area contributed by atoms with E-state index in [0.29, 0.717) is 23.7 Å². The molecule has 0 spiro atoms. The van der Waals surface area contributed by atoms with Gasteiger partial charge in [-0.15, -0.1) is 0 Å². The van der Waals surface area contributed by atoms with Gasteiger partial charge in [0.2, 0.25) is 5.91 Å². The summed E-state index contributed by atoms with van der Waals surface area (Å²) in [5.74, 6) is -0.851. The van der Waals surface area contributed by atoms with E-state index in [2.05, 4.69) is 10.6 Å². The largest absolute Gasteiger partial charge is 0.351 e. The van der Waals surface area contributed by atoms with Crippen molar-refractivity contribution < 1.29 is 14.0 Å². The Bertz CT molecular complexity index is 728. The fraction of sp³-hybridized carbons (Fsp3) is 0.111. The second-order valence-corrected chi connectivity index (χ2v) is 5.38. The highest BCUT2D eigenvalue weighted by Gasteiger charge is 2.04. The number of carbonyl (C=O) groups is 2. The number of carbonyl (C=O) groups excluding carboxylic acids is 2. The molecule has 0 bridgehead atoms. The number of halogens is 2. The lowest BCUT2D eigenvalue weighted by molar-refractivity contribution is -0.116. The van der Waals surface area contributed by atoms with E-state index in [4.69, 9.17) is 11.6 Å². The van der Waals surface area contributed by atoms with Crippen molar-refractivity contribution in [1.29, 1.82) is 0 Å². The maximum atomic E-state index is 12.8. The van der Waals surface area contributed by atoms with Crippen LogP contribution in [0.25, 0.3) is 6.08 Å². The van der Waals surface area contributed by atoms with E-state index >= 15 is 0 Å². The average Bonchev–Trinajstić information content (AvgIpc) is 2.58. The average molecular weight is 347 g/mol. The van der Waals surface area contributed by atoms with Crippen molar-refractivity contribution >= 4 is 29.5 Å². The maximum absolute atomic E-state index is 12.8. The number of rotatable bonds is 6. The van der Waals surface area contributed by atoms with Gasteiger partial charge >= 0.3 is 0 Å². The van der Waals surface area contributed by atoms with Crippen molar-refractivity contribution in [3.8, 4) is 0 Å². The first-order chi connectivity index (χ1) is 11.5. The Morgan fingerprint density at radius 3 is 2.25 bits per heavy atom. The van der Waals surface area contributed by atoms with Gasteiger partial charge in [-0.3, -0.25) is 9.59 Å². The number of nitrogens with one attached hydrogen (secondary N) is 2. The van der Waals surface area contributed by atoms with Gasteiger partial charge in [-0.1, -0.05) is 23.7 Å². The van der Waals surface area contributed by atoms with Crippen LogP contribution >= 0.6 is 11.6 Å². The lowest BCUT2D eigenvalue weighted by Crippen LogP contribution is -2.33. The topological polar surface area (TPSA) is 58.2 Å². The summed E-state index contributed by atoms with van der Waals surface area (Å²) in [6.07, 6.45) is 2.94. The van der Waals surface area contributed by atoms with Gasteiger partial charge in [0.05, 0.1) is 0 Å². The second kappa shape index (κ2) is 8.84. The summed E-state index contributed by atoms with van der Waals surface area (Å²) in [7, 11) is 0. The number of hydrogen-bond donors (Lipinski definition) is 2. The zero-order valence-corrected chi connectivity index (χ0v) is 13.5. The predicted octanol–water partition coefficient (Wildman–Crippen LogP) is 3.04. The van der Waals surface area contributed by atoms with Gasteiger partial charge in [-0.2, -0.15) is 0 Å². The van der Waals surface area contributed by atoms with Crippen molar-refractivity contribution in [1.82, 2.24) is 10.6 Å². The van der Waals surface area contributed by atoms with Gasteiger partial charge in [0.1, 0.15) is 5.82 Å². The van der Waals surface area contributed by atoms with E-state index < -0.39 is 0 Å². The second-order valence-electron chi connectivity index (χ2n) is 4.94. The molecule has 0 saturated carbocycles. The Balaban J connectivity index is 1.69. The van der Waals surface area contributed by atoms with Crippen molar-refractivity contribution in [2.45, 2.75) is 0 Å². The van der Waals surface area contributed by atoms with Crippen LogP contribution in [-0.4, -0.2) is 24.9 Å². The Kier molecular flexibility index (Phi) is 6.51. The third kappa shape index (κ3) is 5.85. The zero-order valence-electron chi connectivity index (χ0n) is 12.8. The van der Waals surface area contributed by atoms with E-state index in [0.717, 1.165) is 5.56 Å². The quantitative estimate of drug-likeness (QED) is 0.624. The summed E-state index contributed by atoms with van der Waals surface area (Å²) < 4.78 is 12.8. The third-order valence-corrected chi connectivity index (χ3v) is 3.37. The lowest BCUT2D eigenvalue weighted by atomic mass is 10.2. The first-order valence-corrected chi connectivity index (χ1v) is 7.67. The van der Waals surface area contributed by atoms with Crippen LogP contribution in [0.5, 0.6) is 0 Å². The van der Waals surface area contributed by atoms with E-state index in [1.165, 1.54) is 18.2 Å². The molecule has 2 rings (SSSR count). The molecule has 6 heteroatoms. The van der Waals surface area contributed by atoms with Crippen LogP contribution in [0.1, 0.15) is 15.9 Å².